The predicted molar refractivity (Wildman–Crippen MR) is 167 cm³/mol. The molecule has 4 amide bonds. The van der Waals surface area contributed by atoms with Gasteiger partial charge in [0.15, 0.2) is 5.13 Å². The van der Waals surface area contributed by atoms with Crippen LogP contribution in [0.1, 0.15) is 72.6 Å². The van der Waals surface area contributed by atoms with Gasteiger partial charge in [0.25, 0.3) is 0 Å². The van der Waals surface area contributed by atoms with E-state index in [1.807, 2.05) is 30.3 Å². The van der Waals surface area contributed by atoms with Gasteiger partial charge in [-0.05, 0) is 59.3 Å². The van der Waals surface area contributed by atoms with Crippen molar-refractivity contribution < 1.29 is 23.9 Å². The lowest BCUT2D eigenvalue weighted by Crippen LogP contribution is -2.58. The first-order valence-corrected chi connectivity index (χ1v) is 15.9. The number of nitrogens with zero attached hydrogens (tertiary/aromatic N) is 3. The molecule has 4 rings (SSSR count). The highest BCUT2D eigenvalue weighted by molar-refractivity contribution is 7.20. The summed E-state index contributed by atoms with van der Waals surface area (Å²) in [4.78, 5) is 61.1. The Balaban J connectivity index is 1.50. The number of rotatable bonds is 8. The van der Waals surface area contributed by atoms with Crippen LogP contribution in [0.2, 0.25) is 0 Å². The van der Waals surface area contributed by atoms with E-state index in [9.17, 15) is 19.2 Å². The number of carbonyl (C=O) groups excluding carboxylic acids is 4. The molecule has 1 aliphatic carbocycles. The molecule has 2 aliphatic rings. The number of anilines is 2. The van der Waals surface area contributed by atoms with Gasteiger partial charge >= 0.3 is 6.09 Å². The number of aromatic nitrogens is 1. The summed E-state index contributed by atoms with van der Waals surface area (Å²) in [5.74, 6) is -1.07. The van der Waals surface area contributed by atoms with E-state index in [0.717, 1.165) is 37.7 Å². The molecule has 2 fully saturated rings. The second kappa shape index (κ2) is 13.7. The molecule has 1 saturated carbocycles. The maximum atomic E-state index is 14.2. The van der Waals surface area contributed by atoms with E-state index >= 15 is 0 Å². The number of likely N-dealkylation sites (N-methyl/N-ethyl adjacent to an activating group) is 1. The number of hydrogen-bond acceptors (Lipinski definition) is 8. The maximum absolute atomic E-state index is 14.2. The van der Waals surface area contributed by atoms with Gasteiger partial charge < -0.3 is 26.0 Å². The summed E-state index contributed by atoms with van der Waals surface area (Å²) in [6, 6.07) is 7.12. The molecular formula is C31H44N6O5S. The number of hydrogen-bond donors (Lipinski definition) is 3. The minimum absolute atomic E-state index is 0.0560. The Morgan fingerprint density at radius 2 is 1.74 bits per heavy atom. The summed E-state index contributed by atoms with van der Waals surface area (Å²) < 4.78 is 5.42. The molecule has 11 nitrogen and oxygen atoms in total. The van der Waals surface area contributed by atoms with Crippen LogP contribution < -0.4 is 16.4 Å². The van der Waals surface area contributed by atoms with Crippen LogP contribution in [0.25, 0.3) is 11.3 Å². The average Bonchev–Trinajstić information content (AvgIpc) is 3.61. The number of benzene rings is 1. The number of carbonyl (C=O) groups is 4. The van der Waals surface area contributed by atoms with Crippen LogP contribution in [0, 0.1) is 5.92 Å². The van der Waals surface area contributed by atoms with Crippen molar-refractivity contribution >= 4 is 45.3 Å². The average molecular weight is 613 g/mol. The van der Waals surface area contributed by atoms with Gasteiger partial charge in [0, 0.05) is 19.2 Å². The van der Waals surface area contributed by atoms with Crippen LogP contribution in [0.5, 0.6) is 0 Å². The fraction of sp³-hybridized carbons (Fsp3) is 0.581. The van der Waals surface area contributed by atoms with E-state index in [-0.39, 0.29) is 17.7 Å². The van der Waals surface area contributed by atoms with Gasteiger partial charge in [-0.1, -0.05) is 60.9 Å². The zero-order valence-corrected chi connectivity index (χ0v) is 26.5. The number of ether oxygens (including phenoxy) is 1. The second-order valence-electron chi connectivity index (χ2n) is 12.4. The van der Waals surface area contributed by atoms with E-state index < -0.39 is 35.7 Å². The summed E-state index contributed by atoms with van der Waals surface area (Å²) in [7, 11) is 1.51. The van der Waals surface area contributed by atoms with Crippen LogP contribution >= 0.6 is 11.3 Å². The van der Waals surface area contributed by atoms with Crippen molar-refractivity contribution in [3.05, 3.63) is 30.3 Å². The summed E-state index contributed by atoms with van der Waals surface area (Å²) in [5.41, 5.74) is 6.71. The lowest BCUT2D eigenvalue weighted by atomic mass is 9.83. The number of thiazole rings is 1. The number of nitrogens with one attached hydrogen (secondary N) is 2. The Labute approximate surface area is 257 Å². The number of likely N-dealkylation sites (tertiary alicyclic amines) is 1. The molecule has 1 aliphatic heterocycles. The summed E-state index contributed by atoms with van der Waals surface area (Å²) in [6.07, 6.45) is 5.19. The molecule has 0 unspecified atom stereocenters. The molecule has 0 radical (unpaired) electrons. The molecule has 12 heteroatoms. The van der Waals surface area contributed by atoms with E-state index in [0.29, 0.717) is 35.2 Å². The fourth-order valence-corrected chi connectivity index (χ4v) is 6.44. The van der Waals surface area contributed by atoms with E-state index in [1.54, 1.807) is 32.6 Å². The van der Waals surface area contributed by atoms with Gasteiger partial charge in [-0.15, -0.1) is 0 Å². The van der Waals surface area contributed by atoms with Crippen LogP contribution in [0.4, 0.5) is 14.9 Å². The molecule has 3 atom stereocenters. The summed E-state index contributed by atoms with van der Waals surface area (Å²) in [6.45, 7) is 7.31. The topological polar surface area (TPSA) is 147 Å². The highest BCUT2D eigenvalue weighted by Gasteiger charge is 2.42. The standard InChI is InChI=1S/C31H44N6O5S/c1-19(36(5)30(41)42-31(2,3)4)25(38)33-24(21-15-10-7-11-16-21)28(40)37-18-12-17-22(37)26(39)35-27-23(34-29(32)43-27)20-13-8-6-9-14-20/h6,8-9,13-14,19,21-22,24H,7,10-12,15-18H2,1-5H3,(H2,32,34)(H,33,38)(H,35,39)/t19-,22-,24-/m0/s1. The van der Waals surface area contributed by atoms with Gasteiger partial charge in [-0.2, -0.15) is 0 Å². The van der Waals surface area contributed by atoms with Crippen molar-refractivity contribution in [2.24, 2.45) is 5.92 Å². The Morgan fingerprint density at radius 3 is 2.40 bits per heavy atom. The predicted octanol–water partition coefficient (Wildman–Crippen LogP) is 4.64. The molecule has 2 aromatic rings. The highest BCUT2D eigenvalue weighted by atomic mass is 32.1. The molecule has 1 aromatic carbocycles. The largest absolute Gasteiger partial charge is 0.444 e. The van der Waals surface area contributed by atoms with Crippen molar-refractivity contribution in [1.29, 1.82) is 0 Å². The number of nitrogens with two attached hydrogens (primary N) is 1. The minimum atomic E-state index is -0.861. The summed E-state index contributed by atoms with van der Waals surface area (Å²) in [5, 5.41) is 6.81. The van der Waals surface area contributed by atoms with Gasteiger partial charge in [0.2, 0.25) is 17.7 Å². The molecule has 0 bridgehead atoms. The van der Waals surface area contributed by atoms with Crippen LogP contribution in [-0.4, -0.2) is 75.9 Å². The smallest absolute Gasteiger partial charge is 0.410 e. The zero-order chi connectivity index (χ0) is 31.3. The quantitative estimate of drug-likeness (QED) is 0.393. The molecule has 43 heavy (non-hydrogen) atoms. The van der Waals surface area contributed by atoms with E-state index in [4.69, 9.17) is 10.5 Å². The monoisotopic (exact) mass is 612 g/mol. The van der Waals surface area contributed by atoms with Crippen molar-refractivity contribution in [3.8, 4) is 11.3 Å². The highest BCUT2D eigenvalue weighted by Crippen LogP contribution is 2.35. The van der Waals surface area contributed by atoms with Crippen molar-refractivity contribution in [2.75, 3.05) is 24.6 Å². The molecule has 0 spiro atoms. The van der Waals surface area contributed by atoms with Crippen molar-refractivity contribution in [1.82, 2.24) is 20.1 Å². The first kappa shape index (κ1) is 32.2. The minimum Gasteiger partial charge on any atom is -0.444 e. The Morgan fingerprint density at radius 1 is 1.07 bits per heavy atom. The Bertz CT molecular complexity index is 1300. The van der Waals surface area contributed by atoms with Crippen molar-refractivity contribution in [3.63, 3.8) is 0 Å². The molecule has 1 aromatic heterocycles. The SMILES string of the molecule is C[C@@H](C(=O)N[C@H](C(=O)N1CCC[C@H]1C(=O)Nc1sc(N)nc1-c1ccccc1)C1CCCCC1)N(C)C(=O)OC(C)(C)C. The van der Waals surface area contributed by atoms with E-state index in [1.165, 1.54) is 23.3 Å². The Hall–Kier alpha value is -3.67. The van der Waals surface area contributed by atoms with Gasteiger partial charge in [0.1, 0.15) is 34.4 Å². The number of nitrogen functional groups attached to an aromatic ring is 1. The van der Waals surface area contributed by atoms with Gasteiger partial charge in [-0.3, -0.25) is 19.3 Å². The zero-order valence-electron chi connectivity index (χ0n) is 25.7. The lowest BCUT2D eigenvalue weighted by Gasteiger charge is -2.36. The van der Waals surface area contributed by atoms with Gasteiger partial charge in [0.05, 0.1) is 0 Å². The normalized spacial score (nSPS) is 18.9. The first-order chi connectivity index (χ1) is 20.4. The fourth-order valence-electron chi connectivity index (χ4n) is 5.68. The molecule has 4 N–H and O–H groups in total. The first-order valence-electron chi connectivity index (χ1n) is 15.0. The van der Waals surface area contributed by atoms with Crippen LogP contribution in [0.15, 0.2) is 30.3 Å². The van der Waals surface area contributed by atoms with Gasteiger partial charge in [-0.25, -0.2) is 9.78 Å². The third-order valence-electron chi connectivity index (χ3n) is 8.09. The lowest BCUT2D eigenvalue weighted by molar-refractivity contribution is -0.142. The second-order valence-corrected chi connectivity index (χ2v) is 13.5. The maximum Gasteiger partial charge on any atom is 0.410 e. The van der Waals surface area contributed by atoms with Crippen LogP contribution in [0.3, 0.4) is 0 Å². The molecule has 234 valence electrons. The third kappa shape index (κ3) is 8.04. The van der Waals surface area contributed by atoms with Crippen LogP contribution in [-0.2, 0) is 19.1 Å². The van der Waals surface area contributed by atoms with E-state index in [2.05, 4.69) is 15.6 Å². The number of amides is 4. The molecule has 2 heterocycles. The molecular weight excluding hydrogens is 568 g/mol. The third-order valence-corrected chi connectivity index (χ3v) is 8.89. The summed E-state index contributed by atoms with van der Waals surface area (Å²) >= 11 is 1.19. The van der Waals surface area contributed by atoms with Crippen molar-refractivity contribution in [2.45, 2.75) is 96.4 Å². The Kier molecular flexibility index (Phi) is 10.3. The molecule has 1 saturated heterocycles.